The van der Waals surface area contributed by atoms with Crippen molar-refractivity contribution in [2.24, 2.45) is 0 Å². The molecule has 1 fully saturated rings. The molecular weight excluding hydrogens is 407 g/mol. The minimum absolute atomic E-state index is 0.0205. The largest absolute Gasteiger partial charge is 0.484 e. The van der Waals surface area contributed by atoms with E-state index in [-0.39, 0.29) is 18.6 Å². The summed E-state index contributed by atoms with van der Waals surface area (Å²) in [4.78, 5) is 14.3. The number of ether oxygens (including phenoxy) is 1. The molecule has 1 aliphatic rings. The normalized spacial score (nSPS) is 15.4. The number of aromatic nitrogens is 3. The van der Waals surface area contributed by atoms with E-state index in [1.165, 1.54) is 0 Å². The number of hydrogen-bond acceptors (Lipinski definition) is 4. The molecule has 146 valence electrons. The van der Waals surface area contributed by atoms with Crippen molar-refractivity contribution in [1.82, 2.24) is 19.7 Å². The van der Waals surface area contributed by atoms with Crippen molar-refractivity contribution in [3.63, 3.8) is 0 Å². The fraction of sp³-hybridized carbons (Fsp3) is 0.500. The monoisotopic (exact) mass is 428 g/mol. The topological polar surface area (TPSA) is 63.1 Å². The minimum atomic E-state index is -0.0396. The molecule has 1 N–H and O–H groups in total. The molecule has 2 heterocycles. The quantitative estimate of drug-likeness (QED) is 0.705. The maximum atomic E-state index is 12.4. The third-order valence-electron chi connectivity index (χ3n) is 4.71. The zero-order valence-electron chi connectivity index (χ0n) is 15.2. The van der Waals surface area contributed by atoms with E-state index in [9.17, 15) is 4.79 Å². The Balaban J connectivity index is 1.55. The third kappa shape index (κ3) is 4.65. The van der Waals surface area contributed by atoms with Gasteiger partial charge in [0.05, 0.1) is 10.0 Å². The Hall–Kier alpha value is -1.57. The van der Waals surface area contributed by atoms with Crippen LogP contribution in [0.25, 0.3) is 0 Å². The van der Waals surface area contributed by atoms with E-state index in [0.29, 0.717) is 39.6 Å². The number of benzene rings is 1. The molecule has 1 amide bonds. The van der Waals surface area contributed by atoms with Gasteiger partial charge in [0.25, 0.3) is 5.91 Å². The highest BCUT2D eigenvalue weighted by Gasteiger charge is 2.27. The summed E-state index contributed by atoms with van der Waals surface area (Å²) in [5.74, 6) is 1.76. The molecule has 9 heteroatoms. The first-order chi connectivity index (χ1) is 12.9. The standard InChI is InChI=1S/C18H22Cl2N4O2S/c1-11(2)24-17(21-22-18(24)27)12-5-7-23(8-6-12)16(25)10-26-13-3-4-14(19)15(20)9-13/h3-4,9,11-12H,5-8,10H2,1-2H3,(H,22,27). The number of hydrogen-bond donors (Lipinski definition) is 1. The summed E-state index contributed by atoms with van der Waals surface area (Å²) in [7, 11) is 0. The number of H-pyrrole nitrogens is 1. The van der Waals surface area contributed by atoms with Crippen molar-refractivity contribution >= 4 is 41.3 Å². The van der Waals surface area contributed by atoms with Crippen molar-refractivity contribution < 1.29 is 9.53 Å². The number of amides is 1. The number of nitrogens with one attached hydrogen (secondary N) is 1. The van der Waals surface area contributed by atoms with Gasteiger partial charge in [0.15, 0.2) is 11.4 Å². The number of carbonyl (C=O) groups is 1. The van der Waals surface area contributed by atoms with Crippen LogP contribution in [0.5, 0.6) is 5.75 Å². The summed E-state index contributed by atoms with van der Waals surface area (Å²) in [6, 6.07) is 5.21. The number of carbonyl (C=O) groups excluding carboxylic acids is 1. The lowest BCUT2D eigenvalue weighted by Gasteiger charge is -2.32. The van der Waals surface area contributed by atoms with Crippen LogP contribution >= 0.6 is 35.4 Å². The first kappa shape index (κ1) is 20.2. The molecule has 0 radical (unpaired) electrons. The maximum absolute atomic E-state index is 12.4. The molecule has 6 nitrogen and oxygen atoms in total. The summed E-state index contributed by atoms with van der Waals surface area (Å²) in [6.07, 6.45) is 1.70. The Bertz CT molecular complexity index is 872. The van der Waals surface area contributed by atoms with Gasteiger partial charge in [-0.25, -0.2) is 0 Å². The van der Waals surface area contributed by atoms with Gasteiger partial charge in [0.1, 0.15) is 11.6 Å². The van der Waals surface area contributed by atoms with Gasteiger partial charge in [-0.1, -0.05) is 23.2 Å². The average Bonchev–Trinajstić information content (AvgIpc) is 3.04. The number of likely N-dealkylation sites (tertiary alicyclic amines) is 1. The van der Waals surface area contributed by atoms with Crippen molar-refractivity contribution in [1.29, 1.82) is 0 Å². The molecule has 27 heavy (non-hydrogen) atoms. The Labute approximate surface area is 173 Å². The predicted octanol–water partition coefficient (Wildman–Crippen LogP) is 4.61. The fourth-order valence-electron chi connectivity index (χ4n) is 3.29. The van der Waals surface area contributed by atoms with Gasteiger partial charge in [-0.05, 0) is 51.0 Å². The van der Waals surface area contributed by atoms with E-state index in [1.807, 2.05) is 4.90 Å². The molecule has 1 aromatic carbocycles. The Morgan fingerprint density at radius 1 is 1.33 bits per heavy atom. The van der Waals surface area contributed by atoms with Crippen LogP contribution in [0.1, 0.15) is 44.5 Å². The minimum Gasteiger partial charge on any atom is -0.484 e. The van der Waals surface area contributed by atoms with Gasteiger partial charge < -0.3 is 14.2 Å². The lowest BCUT2D eigenvalue weighted by molar-refractivity contribution is -0.134. The Morgan fingerprint density at radius 2 is 2.04 bits per heavy atom. The Morgan fingerprint density at radius 3 is 2.67 bits per heavy atom. The maximum Gasteiger partial charge on any atom is 0.260 e. The molecule has 0 atom stereocenters. The van der Waals surface area contributed by atoms with Gasteiger partial charge in [0.2, 0.25) is 0 Å². The van der Waals surface area contributed by atoms with E-state index < -0.39 is 0 Å². The lowest BCUT2D eigenvalue weighted by Crippen LogP contribution is -2.41. The molecule has 1 saturated heterocycles. The van der Waals surface area contributed by atoms with Crippen LogP contribution in [0.4, 0.5) is 0 Å². The Kier molecular flexibility index (Phi) is 6.44. The van der Waals surface area contributed by atoms with Crippen molar-refractivity contribution in [2.45, 2.75) is 38.6 Å². The summed E-state index contributed by atoms with van der Waals surface area (Å²) in [6.45, 7) is 5.51. The molecule has 0 aliphatic carbocycles. The van der Waals surface area contributed by atoms with Crippen molar-refractivity contribution in [2.75, 3.05) is 19.7 Å². The molecule has 1 aromatic heterocycles. The highest BCUT2D eigenvalue weighted by molar-refractivity contribution is 7.71. The predicted molar refractivity (Wildman–Crippen MR) is 108 cm³/mol. The summed E-state index contributed by atoms with van der Waals surface area (Å²) < 4.78 is 8.26. The summed E-state index contributed by atoms with van der Waals surface area (Å²) in [5.41, 5.74) is 0. The van der Waals surface area contributed by atoms with E-state index >= 15 is 0 Å². The molecule has 0 unspecified atom stereocenters. The molecule has 1 aliphatic heterocycles. The smallest absolute Gasteiger partial charge is 0.260 e. The zero-order valence-corrected chi connectivity index (χ0v) is 17.6. The summed E-state index contributed by atoms with van der Waals surface area (Å²) >= 11 is 17.2. The molecule has 0 spiro atoms. The van der Waals surface area contributed by atoms with Crippen LogP contribution in [0.2, 0.25) is 10.0 Å². The van der Waals surface area contributed by atoms with Gasteiger partial charge in [-0.15, -0.1) is 0 Å². The molecule has 0 saturated carbocycles. The second kappa shape index (κ2) is 8.63. The fourth-order valence-corrected chi connectivity index (χ4v) is 3.93. The van der Waals surface area contributed by atoms with E-state index in [0.717, 1.165) is 18.7 Å². The number of aromatic amines is 1. The van der Waals surface area contributed by atoms with E-state index in [1.54, 1.807) is 18.2 Å². The van der Waals surface area contributed by atoms with Crippen LogP contribution in [-0.4, -0.2) is 45.3 Å². The molecule has 2 aromatic rings. The molecule has 3 rings (SSSR count). The summed E-state index contributed by atoms with van der Waals surface area (Å²) in [5, 5.41) is 8.17. The van der Waals surface area contributed by atoms with Crippen molar-refractivity contribution in [3.8, 4) is 5.75 Å². The number of nitrogens with zero attached hydrogens (tertiary/aromatic N) is 3. The van der Waals surface area contributed by atoms with Crippen LogP contribution in [0.15, 0.2) is 18.2 Å². The lowest BCUT2D eigenvalue weighted by atomic mass is 9.95. The second-order valence-electron chi connectivity index (χ2n) is 6.87. The number of halogens is 2. The second-order valence-corrected chi connectivity index (χ2v) is 8.07. The van der Waals surface area contributed by atoms with E-state index in [2.05, 4.69) is 28.6 Å². The highest BCUT2D eigenvalue weighted by Crippen LogP contribution is 2.29. The average molecular weight is 429 g/mol. The molecule has 0 bridgehead atoms. The number of piperidine rings is 1. The third-order valence-corrected chi connectivity index (χ3v) is 5.74. The van der Waals surface area contributed by atoms with Crippen molar-refractivity contribution in [3.05, 3.63) is 38.8 Å². The van der Waals surface area contributed by atoms with Crippen LogP contribution < -0.4 is 4.74 Å². The van der Waals surface area contributed by atoms with Gasteiger partial charge in [0, 0.05) is 31.1 Å². The SMILES string of the molecule is CC(C)n1c(C2CCN(C(=O)COc3ccc(Cl)c(Cl)c3)CC2)n[nH]c1=S. The first-order valence-corrected chi connectivity index (χ1v) is 10.1. The first-order valence-electron chi connectivity index (χ1n) is 8.89. The number of rotatable bonds is 5. The van der Waals surface area contributed by atoms with Crippen LogP contribution in [0, 0.1) is 4.77 Å². The highest BCUT2D eigenvalue weighted by atomic mass is 35.5. The van der Waals surface area contributed by atoms with E-state index in [4.69, 9.17) is 40.2 Å². The van der Waals surface area contributed by atoms with Gasteiger partial charge >= 0.3 is 0 Å². The van der Waals surface area contributed by atoms with Crippen LogP contribution in [0.3, 0.4) is 0 Å². The molecular formula is C18H22Cl2N4O2S. The zero-order chi connectivity index (χ0) is 19.6. The van der Waals surface area contributed by atoms with Gasteiger partial charge in [-0.2, -0.15) is 5.10 Å². The van der Waals surface area contributed by atoms with Gasteiger partial charge in [-0.3, -0.25) is 9.89 Å². The van der Waals surface area contributed by atoms with Crippen LogP contribution in [-0.2, 0) is 4.79 Å².